The molecule has 18 rings (SSSR count). The molecular weight excluding hydrogens is 1970 g/mol. The second-order valence-electron chi connectivity index (χ2n) is 31.5. The normalized spacial score (nSPS) is 20.2. The van der Waals surface area contributed by atoms with Gasteiger partial charge < -0.3 is 60.2 Å². The molecule has 0 spiro atoms. The number of piperazine rings is 3. The van der Waals surface area contributed by atoms with Crippen LogP contribution in [0.2, 0.25) is 5.02 Å². The molecule has 6 amide bonds. The van der Waals surface area contributed by atoms with Gasteiger partial charge in [0.1, 0.15) is 53.0 Å². The van der Waals surface area contributed by atoms with Crippen molar-refractivity contribution in [2.75, 3.05) is 133 Å². The fourth-order valence-corrected chi connectivity index (χ4v) is 20.4. The first kappa shape index (κ1) is 94.4. The zero-order valence-corrected chi connectivity index (χ0v) is 77.3. The third kappa shape index (κ3) is 19.9. The van der Waals surface area contributed by atoms with E-state index in [1.807, 2.05) is 10.8 Å². The Morgan fingerprint density at radius 2 is 0.821 bits per heavy atom. The third-order valence-electron chi connectivity index (χ3n) is 23.4. The predicted molar refractivity (Wildman–Crippen MR) is 489 cm³/mol. The summed E-state index contributed by atoms with van der Waals surface area (Å²) in [5, 5.41) is 44.7. The van der Waals surface area contributed by atoms with Crippen LogP contribution in [0.1, 0.15) is 94.8 Å². The third-order valence-corrected chi connectivity index (χ3v) is 27.4. The quantitative estimate of drug-likeness (QED) is 0.0197. The number of halogens is 9. The van der Waals surface area contributed by atoms with E-state index < -0.39 is 100.0 Å². The molecule has 9 aliphatic rings. The van der Waals surface area contributed by atoms with Gasteiger partial charge in [0, 0.05) is 181 Å². The summed E-state index contributed by atoms with van der Waals surface area (Å²) in [6.45, 7) is 9.06. The minimum absolute atomic E-state index is 0.0163. The topological polar surface area (TPSA) is 383 Å². The van der Waals surface area contributed by atoms with Crippen LogP contribution in [-0.4, -0.2) is 268 Å². The number of methoxy groups -OCH3 is 1. The lowest BCUT2D eigenvalue weighted by Gasteiger charge is -2.38. The van der Waals surface area contributed by atoms with Crippen molar-refractivity contribution in [1.82, 2.24) is 60.3 Å². The summed E-state index contributed by atoms with van der Waals surface area (Å²) in [4.78, 5) is 157. The van der Waals surface area contributed by atoms with Crippen molar-refractivity contribution in [1.29, 1.82) is 0 Å². The van der Waals surface area contributed by atoms with Gasteiger partial charge in [-0.1, -0.05) is 61.7 Å². The summed E-state index contributed by atoms with van der Waals surface area (Å²) in [6, 6.07) is 18.8. The molecule has 6 N–H and O–H groups in total. The summed E-state index contributed by atoms with van der Waals surface area (Å²) in [7, 11) is 1.28. The number of carboxylic acids is 3. The minimum Gasteiger partial charge on any atom is -0.478 e. The van der Waals surface area contributed by atoms with Gasteiger partial charge in [0.25, 0.3) is 0 Å². The van der Waals surface area contributed by atoms with E-state index in [1.54, 1.807) is 64.7 Å². The largest absolute Gasteiger partial charge is 0.478 e. The van der Waals surface area contributed by atoms with Crippen LogP contribution in [0.15, 0.2) is 202 Å². The summed E-state index contributed by atoms with van der Waals surface area (Å²) in [6.07, 6.45) is 4.93. The maximum atomic E-state index is 14.8. The molecule has 9 aliphatic heterocycles. The zero-order valence-electron chi connectivity index (χ0n) is 70.9. The van der Waals surface area contributed by atoms with Crippen LogP contribution in [0.25, 0.3) is 0 Å². The first-order chi connectivity index (χ1) is 64.4. The minimum atomic E-state index is -1.39. The van der Waals surface area contributed by atoms with Gasteiger partial charge in [-0.05, 0) is 116 Å². The van der Waals surface area contributed by atoms with E-state index in [9.17, 15) is 69.5 Å². The van der Waals surface area contributed by atoms with Gasteiger partial charge in [-0.25, -0.2) is 84.4 Å². The van der Waals surface area contributed by atoms with Gasteiger partial charge in [0.2, 0.25) is 0 Å². The average molecular weight is 2050 g/mol. The molecule has 12 heterocycles. The number of carbonyl (C=O) groups excluding carboxylic acids is 6. The Hall–Kier alpha value is -12.8. The highest BCUT2D eigenvalue weighted by molar-refractivity contribution is 9.10. The van der Waals surface area contributed by atoms with Crippen molar-refractivity contribution < 1.29 is 99.0 Å². The fraction of sp³-hybridized carbons (Fsp3) is 0.292. The molecule has 0 aliphatic carbocycles. The van der Waals surface area contributed by atoms with Crippen LogP contribution in [0.5, 0.6) is 0 Å². The molecule has 6 saturated heterocycles. The Balaban J connectivity index is 0.000000146. The number of amidine groups is 3. The van der Waals surface area contributed by atoms with Gasteiger partial charge in [0.05, 0.1) is 77.5 Å². The number of hydrogen-bond acceptors (Lipinski definition) is 27. The number of rotatable bonds is 23. The van der Waals surface area contributed by atoms with Gasteiger partial charge >= 0.3 is 53.9 Å². The number of aromatic carboxylic acids is 3. The number of carboxylic acid groups (broad SMARTS) is 3. The number of fused-ring (bicyclic) bond motifs is 3. The van der Waals surface area contributed by atoms with Crippen molar-refractivity contribution in [3.8, 4) is 0 Å². The molecule has 3 aromatic heterocycles. The number of carbonyl (C=O) groups is 9. The number of urea groups is 3. The van der Waals surface area contributed by atoms with E-state index in [0.29, 0.717) is 134 Å². The highest BCUT2D eigenvalue weighted by Gasteiger charge is 2.48. The van der Waals surface area contributed by atoms with E-state index in [-0.39, 0.29) is 133 Å². The molecule has 0 unspecified atom stereocenters. The van der Waals surface area contributed by atoms with Crippen LogP contribution in [0.4, 0.5) is 57.8 Å². The number of aliphatic imine (C=N–C) groups is 3. The number of ether oxygens (including phenoxy) is 3. The van der Waals surface area contributed by atoms with Crippen LogP contribution in [0, 0.1) is 34.9 Å². The lowest BCUT2D eigenvalue weighted by atomic mass is 9.95. The molecule has 6 fully saturated rings. The summed E-state index contributed by atoms with van der Waals surface area (Å²) < 4.78 is 103. The second kappa shape index (κ2) is 40.5. The van der Waals surface area contributed by atoms with E-state index in [0.717, 1.165) is 30.3 Å². The van der Waals surface area contributed by atoms with Gasteiger partial charge in [0.15, 0.2) is 32.5 Å². The molecule has 0 radical (unpaired) electrons. The lowest BCUT2D eigenvalue weighted by Crippen LogP contribution is -2.53. The molecule has 696 valence electrons. The monoisotopic (exact) mass is 2040 g/mol. The molecule has 9 aromatic rings. The average Bonchev–Trinajstić information content (AvgIpc) is 0.921. The number of thiazole rings is 3. The predicted octanol–water partition coefficient (Wildman–Crippen LogP) is 12.8. The lowest BCUT2D eigenvalue weighted by molar-refractivity contribution is -0.139. The standard InChI is InChI=1S/C30H27BrF2N6O5S.C30H27ClF2N6O5S.C29H25BrF2N6O5S/c2*1-2-44-29(42)24-23(35-26(27-34-7-10-45-27)36-25(24)19-5-3-16(32)11-21(19)31)15-37-8-9-38-18(13-37)14-39(30(38)43)17-4-6-20(28(40)41)22(33)12-17;1-43-28(41)23-21(34-25(26-33-6-9-44-26)35-24(23)18-4-3-16(31)11-19(18)30)14-36-7-8-37-17(12-36)13-38(29(37)42)22-5-2-15(27(39)40)10-20(22)32/h2*3-7,10-12,18,25H,2,8-9,13-15H2,1H3,(H,35,36)(H,40,41);2-6,9-11,17,24H,7-8,12-14H2,1H3,(H,34,35)(H,39,40)/t2*18-,25-;17-,24-/m000/s1. The molecule has 0 saturated carbocycles. The maximum Gasteiger partial charge on any atom is 0.338 e. The number of benzene rings is 6. The van der Waals surface area contributed by atoms with E-state index in [1.165, 1.54) is 123 Å². The highest BCUT2D eigenvalue weighted by Crippen LogP contribution is 2.43. The van der Waals surface area contributed by atoms with E-state index in [2.05, 4.69) is 77.5 Å². The van der Waals surface area contributed by atoms with E-state index in [4.69, 9.17) is 56.1 Å². The summed E-state index contributed by atoms with van der Waals surface area (Å²) in [5.74, 6) is -8.50. The van der Waals surface area contributed by atoms with Gasteiger partial charge in [-0.2, -0.15) is 0 Å². The molecule has 6 atom stereocenters. The molecule has 33 nitrogen and oxygen atoms in total. The van der Waals surface area contributed by atoms with Crippen molar-refractivity contribution in [2.24, 2.45) is 15.0 Å². The number of esters is 3. The Morgan fingerprint density at radius 1 is 0.448 bits per heavy atom. The Bertz CT molecular complexity index is 6130. The molecule has 6 aromatic carbocycles. The summed E-state index contributed by atoms with van der Waals surface area (Å²) >= 11 is 17.4. The molecule has 45 heteroatoms. The Morgan fingerprint density at radius 3 is 1.16 bits per heavy atom. The van der Waals surface area contributed by atoms with Gasteiger partial charge in [-0.3, -0.25) is 44.4 Å². The highest BCUT2D eigenvalue weighted by atomic mass is 79.9. The van der Waals surface area contributed by atoms with Crippen molar-refractivity contribution in [2.45, 2.75) is 50.1 Å². The second-order valence-corrected chi connectivity index (χ2v) is 36.3. The van der Waals surface area contributed by atoms with Crippen LogP contribution < -0.4 is 30.7 Å². The van der Waals surface area contributed by atoms with Crippen LogP contribution >= 0.6 is 77.5 Å². The first-order valence-corrected chi connectivity index (χ1v) is 46.2. The number of nitrogens with zero attached hydrogens (tertiary/aromatic N) is 15. The Kier molecular flexibility index (Phi) is 28.6. The summed E-state index contributed by atoms with van der Waals surface area (Å²) in [5.41, 5.74) is 3.36. The van der Waals surface area contributed by atoms with Crippen molar-refractivity contribution >= 4 is 166 Å². The number of hydrogen-bond donors (Lipinski definition) is 6. The van der Waals surface area contributed by atoms with Crippen LogP contribution in [0.3, 0.4) is 0 Å². The van der Waals surface area contributed by atoms with Gasteiger partial charge in [-0.15, -0.1) is 34.0 Å². The smallest absolute Gasteiger partial charge is 0.338 e. The van der Waals surface area contributed by atoms with Crippen molar-refractivity contribution in [3.05, 3.63) is 275 Å². The molecular formula is C89H79Br2ClF6N18O15S3. The maximum absolute atomic E-state index is 14.8. The number of nitrogens with one attached hydrogen (secondary N) is 3. The fourth-order valence-electron chi connectivity index (χ4n) is 17.2. The van der Waals surface area contributed by atoms with E-state index >= 15 is 0 Å². The number of anilines is 3. The molecule has 0 bridgehead atoms. The van der Waals surface area contributed by atoms with Crippen LogP contribution in [-0.2, 0) is 28.6 Å². The SMILES string of the molecule is CCOC(=O)C1=C(CN2CCN3C(=O)N(c4ccc(C(=O)O)c(F)c4)C[C@@H]3C2)NC(c2nccs2)=N[C@H]1c1ccc(F)cc1Br.CCOC(=O)C1=C(CN2CCN3C(=O)N(c4ccc(C(=O)O)c(F)c4)C[C@@H]3C2)NC(c2nccs2)=N[C@H]1c1ccc(F)cc1Cl.COC(=O)C1=C(CN2CCN3C(=O)N(c4ccc(C(=O)O)cc4F)C[C@@H]3C2)NC(c2nccs2)=N[C@H]1c1ccc(F)cc1Br. The Labute approximate surface area is 793 Å². The number of aromatic nitrogens is 3. The number of amides is 6. The zero-order chi connectivity index (χ0) is 94.8. The first-order valence-electron chi connectivity index (χ1n) is 41.6. The van der Waals surface area contributed by atoms with Crippen molar-refractivity contribution in [3.63, 3.8) is 0 Å². The molecule has 134 heavy (non-hydrogen) atoms.